The maximum Gasteiger partial charge on any atom is 0.217 e. The van der Waals surface area contributed by atoms with Crippen LogP contribution in [-0.2, 0) is 4.79 Å². The maximum absolute atomic E-state index is 13.0. The van der Waals surface area contributed by atoms with Gasteiger partial charge in [0, 0.05) is 12.5 Å². The Balaban J connectivity index is 2.34. The van der Waals surface area contributed by atoms with E-state index in [0.717, 1.165) is 18.9 Å². The normalized spacial score (nSPS) is 12.4. The third-order valence-corrected chi connectivity index (χ3v) is 2.74. The minimum atomic E-state index is -0.840. The van der Waals surface area contributed by atoms with Crippen molar-refractivity contribution in [1.29, 1.82) is 0 Å². The summed E-state index contributed by atoms with van der Waals surface area (Å²) in [5, 5.41) is 3.18. The summed E-state index contributed by atoms with van der Waals surface area (Å²) < 4.78 is 25.8. The molecular formula is C13H18F2N2O. The highest BCUT2D eigenvalue weighted by atomic mass is 19.2. The predicted octanol–water partition coefficient (Wildman–Crippen LogP) is 2.27. The molecule has 0 aliphatic carbocycles. The van der Waals surface area contributed by atoms with Crippen LogP contribution in [0.15, 0.2) is 18.2 Å². The standard InChI is InChI=1S/C13H18F2N2O/c1-9(17-7-3-2-4-13(16)18)10-5-6-11(14)12(15)8-10/h5-6,8-9,17H,2-4,7H2,1H3,(H2,16,18). The van der Waals surface area contributed by atoms with Crippen molar-refractivity contribution in [3.8, 4) is 0 Å². The Morgan fingerprint density at radius 1 is 1.33 bits per heavy atom. The average molecular weight is 256 g/mol. The number of carbonyl (C=O) groups is 1. The molecule has 1 aromatic rings. The van der Waals surface area contributed by atoms with Gasteiger partial charge in [-0.2, -0.15) is 0 Å². The van der Waals surface area contributed by atoms with Gasteiger partial charge in [0.15, 0.2) is 11.6 Å². The summed E-state index contributed by atoms with van der Waals surface area (Å²) in [6, 6.07) is 3.81. The highest BCUT2D eigenvalue weighted by Gasteiger charge is 2.08. The van der Waals surface area contributed by atoms with E-state index in [2.05, 4.69) is 5.32 Å². The molecule has 3 nitrogen and oxygen atoms in total. The Labute approximate surface area is 105 Å². The van der Waals surface area contributed by atoms with Gasteiger partial charge in [-0.05, 0) is 44.0 Å². The van der Waals surface area contributed by atoms with Gasteiger partial charge in [-0.3, -0.25) is 4.79 Å². The molecule has 1 aromatic carbocycles. The first-order valence-corrected chi connectivity index (χ1v) is 5.97. The monoisotopic (exact) mass is 256 g/mol. The van der Waals surface area contributed by atoms with E-state index in [1.807, 2.05) is 6.92 Å². The smallest absolute Gasteiger partial charge is 0.217 e. The number of carbonyl (C=O) groups excluding carboxylic acids is 1. The van der Waals surface area contributed by atoms with Gasteiger partial charge >= 0.3 is 0 Å². The zero-order chi connectivity index (χ0) is 13.5. The molecule has 0 aliphatic heterocycles. The van der Waals surface area contributed by atoms with E-state index >= 15 is 0 Å². The van der Waals surface area contributed by atoms with E-state index in [1.165, 1.54) is 6.07 Å². The molecule has 1 atom stereocenters. The maximum atomic E-state index is 13.0. The summed E-state index contributed by atoms with van der Waals surface area (Å²) in [7, 11) is 0. The van der Waals surface area contributed by atoms with E-state index in [1.54, 1.807) is 6.07 Å². The quantitative estimate of drug-likeness (QED) is 0.735. The minimum absolute atomic E-state index is 0.0614. The number of benzene rings is 1. The molecule has 5 heteroatoms. The second-order valence-electron chi connectivity index (χ2n) is 4.27. The van der Waals surface area contributed by atoms with Crippen molar-refractivity contribution >= 4 is 5.91 Å². The van der Waals surface area contributed by atoms with Crippen molar-refractivity contribution in [3.63, 3.8) is 0 Å². The highest BCUT2D eigenvalue weighted by molar-refractivity contribution is 5.73. The third kappa shape index (κ3) is 4.79. The Morgan fingerprint density at radius 3 is 2.67 bits per heavy atom. The molecule has 0 spiro atoms. The molecule has 0 saturated carbocycles. The number of hydrogen-bond acceptors (Lipinski definition) is 2. The summed E-state index contributed by atoms with van der Waals surface area (Å²) in [5.41, 5.74) is 5.72. The number of primary amides is 1. The second-order valence-corrected chi connectivity index (χ2v) is 4.27. The Morgan fingerprint density at radius 2 is 2.06 bits per heavy atom. The van der Waals surface area contributed by atoms with Gasteiger partial charge in [-0.15, -0.1) is 0 Å². The summed E-state index contributed by atoms with van der Waals surface area (Å²) in [4.78, 5) is 10.5. The van der Waals surface area contributed by atoms with Gasteiger partial charge in [0.1, 0.15) is 0 Å². The van der Waals surface area contributed by atoms with Gasteiger partial charge in [0.25, 0.3) is 0 Å². The molecule has 3 N–H and O–H groups in total. The SMILES string of the molecule is CC(NCCCCC(N)=O)c1ccc(F)c(F)c1. The lowest BCUT2D eigenvalue weighted by Crippen LogP contribution is -2.20. The number of nitrogens with two attached hydrogens (primary N) is 1. The van der Waals surface area contributed by atoms with Crippen LogP contribution in [0, 0.1) is 11.6 Å². The number of nitrogens with one attached hydrogen (secondary N) is 1. The Bertz CT molecular complexity index is 410. The van der Waals surface area contributed by atoms with Crippen molar-refractivity contribution < 1.29 is 13.6 Å². The van der Waals surface area contributed by atoms with Crippen LogP contribution in [0.2, 0.25) is 0 Å². The summed E-state index contributed by atoms with van der Waals surface area (Å²) >= 11 is 0. The van der Waals surface area contributed by atoms with Crippen LogP contribution in [-0.4, -0.2) is 12.5 Å². The lowest BCUT2D eigenvalue weighted by Gasteiger charge is -2.14. The number of hydrogen-bond donors (Lipinski definition) is 2. The fourth-order valence-corrected chi connectivity index (χ4v) is 1.64. The predicted molar refractivity (Wildman–Crippen MR) is 65.8 cm³/mol. The minimum Gasteiger partial charge on any atom is -0.370 e. The van der Waals surface area contributed by atoms with Crippen molar-refractivity contribution in [1.82, 2.24) is 5.32 Å². The highest BCUT2D eigenvalue weighted by Crippen LogP contribution is 2.15. The van der Waals surface area contributed by atoms with Crippen molar-refractivity contribution in [2.24, 2.45) is 5.73 Å². The number of amides is 1. The molecule has 1 unspecified atom stereocenters. The Hall–Kier alpha value is -1.49. The fraction of sp³-hybridized carbons (Fsp3) is 0.462. The molecule has 100 valence electrons. The van der Waals surface area contributed by atoms with Gasteiger partial charge in [-0.25, -0.2) is 8.78 Å². The van der Waals surface area contributed by atoms with Crippen LogP contribution in [0.5, 0.6) is 0 Å². The molecule has 0 aromatic heterocycles. The van der Waals surface area contributed by atoms with Gasteiger partial charge < -0.3 is 11.1 Å². The number of rotatable bonds is 7. The number of unbranched alkanes of at least 4 members (excludes halogenated alkanes) is 1. The van der Waals surface area contributed by atoms with E-state index in [-0.39, 0.29) is 11.9 Å². The van der Waals surface area contributed by atoms with E-state index in [9.17, 15) is 13.6 Å². The zero-order valence-corrected chi connectivity index (χ0v) is 10.4. The second kappa shape index (κ2) is 7.06. The van der Waals surface area contributed by atoms with Crippen molar-refractivity contribution in [3.05, 3.63) is 35.4 Å². The van der Waals surface area contributed by atoms with Crippen LogP contribution in [0.4, 0.5) is 8.78 Å². The summed E-state index contributed by atoms with van der Waals surface area (Å²) in [6.45, 7) is 2.58. The van der Waals surface area contributed by atoms with Crippen molar-refractivity contribution in [2.75, 3.05) is 6.54 Å². The molecule has 0 aliphatic rings. The molecule has 18 heavy (non-hydrogen) atoms. The number of halogens is 2. The molecule has 1 amide bonds. The first kappa shape index (κ1) is 14.6. The lowest BCUT2D eigenvalue weighted by molar-refractivity contribution is -0.118. The largest absolute Gasteiger partial charge is 0.370 e. The molecule has 0 bridgehead atoms. The van der Waals surface area contributed by atoms with Crippen LogP contribution >= 0.6 is 0 Å². The molecule has 1 rings (SSSR count). The van der Waals surface area contributed by atoms with E-state index in [0.29, 0.717) is 18.5 Å². The van der Waals surface area contributed by atoms with Crippen LogP contribution in [0.25, 0.3) is 0 Å². The fourth-order valence-electron chi connectivity index (χ4n) is 1.64. The van der Waals surface area contributed by atoms with E-state index < -0.39 is 11.6 Å². The Kier molecular flexibility index (Phi) is 5.71. The summed E-state index contributed by atoms with van der Waals surface area (Å²) in [6.07, 6.45) is 1.92. The molecule has 0 heterocycles. The zero-order valence-electron chi connectivity index (χ0n) is 10.4. The topological polar surface area (TPSA) is 55.1 Å². The lowest BCUT2D eigenvalue weighted by atomic mass is 10.1. The van der Waals surface area contributed by atoms with Gasteiger partial charge in [0.05, 0.1) is 0 Å². The first-order chi connectivity index (χ1) is 8.50. The third-order valence-electron chi connectivity index (χ3n) is 2.74. The molecule has 0 fully saturated rings. The molecule has 0 radical (unpaired) electrons. The molecular weight excluding hydrogens is 238 g/mol. The van der Waals surface area contributed by atoms with Gasteiger partial charge in [0.2, 0.25) is 5.91 Å². The first-order valence-electron chi connectivity index (χ1n) is 5.97. The van der Waals surface area contributed by atoms with Crippen molar-refractivity contribution in [2.45, 2.75) is 32.2 Å². The van der Waals surface area contributed by atoms with Crippen LogP contribution < -0.4 is 11.1 Å². The molecule has 0 saturated heterocycles. The van der Waals surface area contributed by atoms with Crippen LogP contribution in [0.1, 0.15) is 37.8 Å². The van der Waals surface area contributed by atoms with Crippen LogP contribution in [0.3, 0.4) is 0 Å². The van der Waals surface area contributed by atoms with E-state index in [4.69, 9.17) is 5.73 Å². The van der Waals surface area contributed by atoms with Gasteiger partial charge in [-0.1, -0.05) is 6.07 Å². The summed E-state index contributed by atoms with van der Waals surface area (Å²) in [5.74, 6) is -1.98. The average Bonchev–Trinajstić information content (AvgIpc) is 2.31.